The van der Waals surface area contributed by atoms with Gasteiger partial charge >= 0.3 is 5.97 Å². The van der Waals surface area contributed by atoms with E-state index >= 15 is 0 Å². The Hall–Kier alpha value is -3.02. The first kappa shape index (κ1) is 17.3. The van der Waals surface area contributed by atoms with Gasteiger partial charge in [0, 0.05) is 12.1 Å². The second-order valence-corrected chi connectivity index (χ2v) is 5.12. The Morgan fingerprint density at radius 1 is 1.17 bits per heavy atom. The molecule has 0 saturated heterocycles. The van der Waals surface area contributed by atoms with Crippen LogP contribution in [-0.4, -0.2) is 30.2 Å². The number of rotatable bonds is 7. The smallest absolute Gasteiger partial charge is 0.335 e. The molecule has 6 heteroatoms. The lowest BCUT2D eigenvalue weighted by molar-refractivity contribution is -0.127. The summed E-state index contributed by atoms with van der Waals surface area (Å²) in [5.41, 5.74) is 0.961. The molecular weight excluding hydrogens is 310 g/mol. The number of hydrogen-bond donors (Lipinski definition) is 2. The fourth-order valence-corrected chi connectivity index (χ4v) is 2.14. The summed E-state index contributed by atoms with van der Waals surface area (Å²) in [6.45, 7) is 1.91. The normalized spacial score (nSPS) is 11.4. The van der Waals surface area contributed by atoms with E-state index in [4.69, 9.17) is 14.6 Å². The van der Waals surface area contributed by atoms with Gasteiger partial charge in [0.05, 0.1) is 12.7 Å². The summed E-state index contributed by atoms with van der Waals surface area (Å²) in [4.78, 5) is 23.1. The van der Waals surface area contributed by atoms with Crippen molar-refractivity contribution in [3.8, 4) is 11.5 Å². The molecule has 1 amide bonds. The highest BCUT2D eigenvalue weighted by atomic mass is 16.5. The monoisotopic (exact) mass is 329 g/mol. The SMILES string of the molecule is COc1ccccc1CNC(=O)[C@@H](C)Oc1cccc(C(=O)O)c1. The summed E-state index contributed by atoms with van der Waals surface area (Å²) in [5.74, 6) is -0.328. The van der Waals surface area contributed by atoms with Crippen molar-refractivity contribution in [2.75, 3.05) is 7.11 Å². The molecule has 0 heterocycles. The van der Waals surface area contributed by atoms with Gasteiger partial charge in [0.2, 0.25) is 0 Å². The zero-order chi connectivity index (χ0) is 17.5. The molecular formula is C18H19NO5. The van der Waals surface area contributed by atoms with E-state index in [0.717, 1.165) is 5.56 Å². The van der Waals surface area contributed by atoms with Crippen LogP contribution >= 0.6 is 0 Å². The second-order valence-electron chi connectivity index (χ2n) is 5.12. The molecule has 0 radical (unpaired) electrons. The van der Waals surface area contributed by atoms with E-state index in [2.05, 4.69) is 5.32 Å². The van der Waals surface area contributed by atoms with Crippen LogP contribution in [-0.2, 0) is 11.3 Å². The number of hydrogen-bond acceptors (Lipinski definition) is 4. The van der Waals surface area contributed by atoms with Crippen LogP contribution in [0.2, 0.25) is 0 Å². The second kappa shape index (κ2) is 8.01. The Morgan fingerprint density at radius 3 is 2.62 bits per heavy atom. The molecule has 0 saturated carbocycles. The Labute approximate surface area is 140 Å². The van der Waals surface area contributed by atoms with E-state index in [1.807, 2.05) is 24.3 Å². The molecule has 0 aliphatic heterocycles. The maximum absolute atomic E-state index is 12.1. The maximum atomic E-state index is 12.1. The number of carboxylic acid groups (broad SMARTS) is 1. The Balaban J connectivity index is 1.95. The minimum atomic E-state index is -1.05. The molecule has 1 atom stereocenters. The number of aromatic carboxylic acids is 1. The van der Waals surface area contributed by atoms with Gasteiger partial charge in [0.1, 0.15) is 11.5 Å². The van der Waals surface area contributed by atoms with Gasteiger partial charge in [-0.2, -0.15) is 0 Å². The average molecular weight is 329 g/mol. The molecule has 126 valence electrons. The van der Waals surface area contributed by atoms with Crippen molar-refractivity contribution >= 4 is 11.9 Å². The zero-order valence-corrected chi connectivity index (χ0v) is 13.5. The Bertz CT molecular complexity index is 729. The molecule has 0 spiro atoms. The van der Waals surface area contributed by atoms with Crippen LogP contribution in [0.25, 0.3) is 0 Å². The number of benzene rings is 2. The van der Waals surface area contributed by atoms with Crippen molar-refractivity contribution in [3.05, 3.63) is 59.7 Å². The summed E-state index contributed by atoms with van der Waals surface area (Å²) >= 11 is 0. The van der Waals surface area contributed by atoms with Crippen LogP contribution < -0.4 is 14.8 Å². The van der Waals surface area contributed by atoms with Crippen molar-refractivity contribution in [1.82, 2.24) is 5.32 Å². The average Bonchev–Trinajstić information content (AvgIpc) is 2.60. The van der Waals surface area contributed by atoms with Gasteiger partial charge < -0.3 is 19.9 Å². The molecule has 2 N–H and O–H groups in total. The van der Waals surface area contributed by atoms with Gasteiger partial charge in [0.25, 0.3) is 5.91 Å². The van der Waals surface area contributed by atoms with E-state index in [1.54, 1.807) is 26.2 Å². The molecule has 0 fully saturated rings. The minimum Gasteiger partial charge on any atom is -0.496 e. The summed E-state index contributed by atoms with van der Waals surface area (Å²) < 4.78 is 10.7. The van der Waals surface area contributed by atoms with E-state index in [0.29, 0.717) is 18.0 Å². The number of carbonyl (C=O) groups is 2. The highest BCUT2D eigenvalue weighted by Crippen LogP contribution is 2.17. The summed E-state index contributed by atoms with van der Waals surface area (Å²) in [7, 11) is 1.57. The number of carboxylic acids is 1. The number of nitrogens with one attached hydrogen (secondary N) is 1. The topological polar surface area (TPSA) is 84.9 Å². The van der Waals surface area contributed by atoms with Crippen LogP contribution in [0.1, 0.15) is 22.8 Å². The van der Waals surface area contributed by atoms with Gasteiger partial charge in [-0.1, -0.05) is 24.3 Å². The van der Waals surface area contributed by atoms with Crippen molar-refractivity contribution in [2.45, 2.75) is 19.6 Å². The number of methoxy groups -OCH3 is 1. The number of ether oxygens (including phenoxy) is 2. The number of carbonyl (C=O) groups excluding carboxylic acids is 1. The van der Waals surface area contributed by atoms with Crippen molar-refractivity contribution < 1.29 is 24.2 Å². The molecule has 0 aromatic heterocycles. The van der Waals surface area contributed by atoms with Gasteiger partial charge in [-0.15, -0.1) is 0 Å². The molecule has 2 aromatic carbocycles. The summed E-state index contributed by atoms with van der Waals surface area (Å²) in [6.07, 6.45) is -0.760. The summed E-state index contributed by atoms with van der Waals surface area (Å²) in [6, 6.07) is 13.4. The van der Waals surface area contributed by atoms with Crippen LogP contribution in [0.15, 0.2) is 48.5 Å². The third-order valence-electron chi connectivity index (χ3n) is 3.41. The first-order valence-electron chi connectivity index (χ1n) is 7.41. The Kier molecular flexibility index (Phi) is 5.78. The lowest BCUT2D eigenvalue weighted by Crippen LogP contribution is -2.36. The van der Waals surface area contributed by atoms with Gasteiger partial charge in [0.15, 0.2) is 6.10 Å². The van der Waals surface area contributed by atoms with E-state index in [9.17, 15) is 9.59 Å². The third kappa shape index (κ3) is 4.49. The van der Waals surface area contributed by atoms with Crippen LogP contribution in [0.3, 0.4) is 0 Å². The third-order valence-corrected chi connectivity index (χ3v) is 3.41. The van der Waals surface area contributed by atoms with Crippen LogP contribution in [0.5, 0.6) is 11.5 Å². The predicted molar refractivity (Wildman–Crippen MR) is 88.3 cm³/mol. The Morgan fingerprint density at radius 2 is 1.92 bits per heavy atom. The van der Waals surface area contributed by atoms with Crippen molar-refractivity contribution in [2.24, 2.45) is 0 Å². The zero-order valence-electron chi connectivity index (χ0n) is 13.5. The lowest BCUT2D eigenvalue weighted by atomic mass is 10.2. The molecule has 0 unspecified atom stereocenters. The first-order valence-corrected chi connectivity index (χ1v) is 7.41. The fraction of sp³-hybridized carbons (Fsp3) is 0.222. The van der Waals surface area contributed by atoms with Crippen LogP contribution in [0.4, 0.5) is 0 Å². The molecule has 0 aliphatic carbocycles. The molecule has 6 nitrogen and oxygen atoms in total. The largest absolute Gasteiger partial charge is 0.496 e. The highest BCUT2D eigenvalue weighted by molar-refractivity contribution is 5.88. The van der Waals surface area contributed by atoms with E-state index < -0.39 is 12.1 Å². The standard InChI is InChI=1S/C18H19NO5/c1-12(24-15-8-5-7-13(10-15)18(21)22)17(20)19-11-14-6-3-4-9-16(14)23-2/h3-10,12H,11H2,1-2H3,(H,19,20)(H,21,22)/t12-/m1/s1. The van der Waals surface area contributed by atoms with Gasteiger partial charge in [-0.25, -0.2) is 4.79 Å². The highest BCUT2D eigenvalue weighted by Gasteiger charge is 2.15. The van der Waals surface area contributed by atoms with Gasteiger partial charge in [-0.05, 0) is 31.2 Å². The molecule has 0 bridgehead atoms. The minimum absolute atomic E-state index is 0.106. The lowest BCUT2D eigenvalue weighted by Gasteiger charge is -2.16. The van der Waals surface area contributed by atoms with Crippen LogP contribution in [0, 0.1) is 0 Å². The maximum Gasteiger partial charge on any atom is 0.335 e. The van der Waals surface area contributed by atoms with E-state index in [1.165, 1.54) is 12.1 Å². The quantitative estimate of drug-likeness (QED) is 0.815. The molecule has 0 aliphatic rings. The van der Waals surface area contributed by atoms with Crippen molar-refractivity contribution in [1.29, 1.82) is 0 Å². The number of amides is 1. The molecule has 2 rings (SSSR count). The number of para-hydroxylation sites is 1. The molecule has 2 aromatic rings. The predicted octanol–water partition coefficient (Wildman–Crippen LogP) is 2.48. The molecule has 24 heavy (non-hydrogen) atoms. The summed E-state index contributed by atoms with van der Waals surface area (Å²) in [5, 5.41) is 11.7. The first-order chi connectivity index (χ1) is 11.5. The van der Waals surface area contributed by atoms with Crippen molar-refractivity contribution in [3.63, 3.8) is 0 Å². The fourth-order valence-electron chi connectivity index (χ4n) is 2.14. The van der Waals surface area contributed by atoms with E-state index in [-0.39, 0.29) is 11.5 Å². The van der Waals surface area contributed by atoms with Gasteiger partial charge in [-0.3, -0.25) is 4.79 Å².